The quantitative estimate of drug-likeness (QED) is 0.741. The van der Waals surface area contributed by atoms with Gasteiger partial charge in [0.25, 0.3) is 5.91 Å². The zero-order valence-corrected chi connectivity index (χ0v) is 18.5. The number of aryl methyl sites for hydroxylation is 1. The molecule has 0 spiro atoms. The molecule has 0 saturated carbocycles. The number of hydrogen-bond acceptors (Lipinski definition) is 5. The molecule has 1 aliphatic rings. The van der Waals surface area contributed by atoms with Gasteiger partial charge in [0.05, 0.1) is 11.9 Å². The summed E-state index contributed by atoms with van der Waals surface area (Å²) in [6.45, 7) is 7.05. The molecule has 0 atom stereocenters. The van der Waals surface area contributed by atoms with E-state index in [1.807, 2.05) is 25.1 Å². The van der Waals surface area contributed by atoms with Crippen LogP contribution in [0.5, 0.6) is 0 Å². The van der Waals surface area contributed by atoms with Crippen molar-refractivity contribution in [3.8, 4) is 5.69 Å². The minimum absolute atomic E-state index is 0.0841. The summed E-state index contributed by atoms with van der Waals surface area (Å²) >= 11 is 0. The number of carbonyl (C=O) groups is 1. The normalized spacial score (nSPS) is 16.0. The predicted octanol–water partition coefficient (Wildman–Crippen LogP) is 2.20. The lowest BCUT2D eigenvalue weighted by Crippen LogP contribution is -2.47. The highest BCUT2D eigenvalue weighted by molar-refractivity contribution is 7.88. The Balaban J connectivity index is 1.77. The molecule has 8 nitrogen and oxygen atoms in total. The molecule has 0 unspecified atom stereocenters. The summed E-state index contributed by atoms with van der Waals surface area (Å²) in [4.78, 5) is 19.1. The largest absolute Gasteiger partial charge is 0.336 e. The maximum absolute atomic E-state index is 12.9. The van der Waals surface area contributed by atoms with Crippen LogP contribution in [-0.2, 0) is 10.0 Å². The monoisotopic (exact) mass is 419 g/mol. The Morgan fingerprint density at radius 1 is 1.21 bits per heavy atom. The molecule has 0 aliphatic carbocycles. The first-order valence-electron chi connectivity index (χ1n) is 9.85. The summed E-state index contributed by atoms with van der Waals surface area (Å²) in [6.07, 6.45) is 2.41. The molecular formula is C20H29N5O3S. The summed E-state index contributed by atoms with van der Waals surface area (Å²) in [6, 6.07) is 7.91. The molecule has 2 aromatic rings. The molecular weight excluding hydrogens is 390 g/mol. The van der Waals surface area contributed by atoms with Crippen LogP contribution in [0.15, 0.2) is 24.3 Å². The van der Waals surface area contributed by atoms with Gasteiger partial charge in [0.15, 0.2) is 0 Å². The number of likely N-dealkylation sites (tertiary alicyclic amines) is 1. The van der Waals surface area contributed by atoms with Crippen molar-refractivity contribution in [1.29, 1.82) is 0 Å². The molecule has 1 amide bonds. The van der Waals surface area contributed by atoms with E-state index in [0.717, 1.165) is 11.3 Å². The molecule has 0 N–H and O–H groups in total. The summed E-state index contributed by atoms with van der Waals surface area (Å²) in [5.74, 6) is 0.943. The van der Waals surface area contributed by atoms with E-state index in [-0.39, 0.29) is 17.8 Å². The van der Waals surface area contributed by atoms with Crippen molar-refractivity contribution in [3.05, 3.63) is 41.5 Å². The summed E-state index contributed by atoms with van der Waals surface area (Å²) in [5, 5.41) is 4.50. The lowest BCUT2D eigenvalue weighted by molar-refractivity contribution is 0.0674. The molecule has 2 heterocycles. The van der Waals surface area contributed by atoms with E-state index in [1.54, 1.807) is 16.6 Å². The minimum Gasteiger partial charge on any atom is -0.336 e. The van der Waals surface area contributed by atoms with Crippen LogP contribution in [0.4, 0.5) is 0 Å². The molecule has 0 radical (unpaired) electrons. The van der Waals surface area contributed by atoms with Gasteiger partial charge in [-0.15, -0.1) is 5.10 Å². The van der Waals surface area contributed by atoms with Crippen molar-refractivity contribution in [3.63, 3.8) is 0 Å². The maximum Gasteiger partial charge on any atom is 0.293 e. The van der Waals surface area contributed by atoms with Gasteiger partial charge < -0.3 is 4.90 Å². The van der Waals surface area contributed by atoms with Crippen LogP contribution in [0.25, 0.3) is 5.69 Å². The molecule has 29 heavy (non-hydrogen) atoms. The average molecular weight is 420 g/mol. The Morgan fingerprint density at radius 3 is 2.41 bits per heavy atom. The van der Waals surface area contributed by atoms with Crippen LogP contribution in [0, 0.1) is 6.92 Å². The number of piperidine rings is 1. The minimum atomic E-state index is -3.23. The third kappa shape index (κ3) is 4.51. The van der Waals surface area contributed by atoms with E-state index >= 15 is 0 Å². The SMILES string of the molecule is Cc1nc(C(=O)N2CCC(N(C)S(C)(=O)=O)CC2)nn1-c1ccccc1C(C)C. The fraction of sp³-hybridized carbons (Fsp3) is 0.550. The van der Waals surface area contributed by atoms with Gasteiger partial charge in [0.1, 0.15) is 5.82 Å². The second kappa shape index (κ2) is 8.23. The smallest absolute Gasteiger partial charge is 0.293 e. The van der Waals surface area contributed by atoms with Crippen LogP contribution >= 0.6 is 0 Å². The topological polar surface area (TPSA) is 88.4 Å². The number of amides is 1. The van der Waals surface area contributed by atoms with Crippen molar-refractivity contribution >= 4 is 15.9 Å². The fourth-order valence-electron chi connectivity index (χ4n) is 3.72. The van der Waals surface area contributed by atoms with Crippen molar-refractivity contribution in [1.82, 2.24) is 24.0 Å². The van der Waals surface area contributed by atoms with Crippen molar-refractivity contribution in [2.75, 3.05) is 26.4 Å². The summed E-state index contributed by atoms with van der Waals surface area (Å²) in [5.41, 5.74) is 2.07. The van der Waals surface area contributed by atoms with E-state index in [2.05, 4.69) is 30.0 Å². The zero-order chi connectivity index (χ0) is 21.3. The number of aromatic nitrogens is 3. The highest BCUT2D eigenvalue weighted by Crippen LogP contribution is 2.24. The van der Waals surface area contributed by atoms with Crippen LogP contribution < -0.4 is 0 Å². The van der Waals surface area contributed by atoms with Gasteiger partial charge in [0.2, 0.25) is 15.8 Å². The second-order valence-electron chi connectivity index (χ2n) is 7.91. The van der Waals surface area contributed by atoms with Crippen LogP contribution in [-0.4, -0.2) is 70.7 Å². The highest BCUT2D eigenvalue weighted by Gasteiger charge is 2.31. The second-order valence-corrected chi connectivity index (χ2v) is 9.95. The van der Waals surface area contributed by atoms with Crippen LogP contribution in [0.3, 0.4) is 0 Å². The standard InChI is InChI=1S/C20H29N5O3S/c1-14(2)17-8-6-7-9-18(17)25-15(3)21-19(22-25)20(26)24-12-10-16(11-13-24)23(4)29(5,27)28/h6-9,14,16H,10-13H2,1-5H3. The molecule has 1 aliphatic heterocycles. The highest BCUT2D eigenvalue weighted by atomic mass is 32.2. The molecule has 3 rings (SSSR count). The number of hydrogen-bond donors (Lipinski definition) is 0. The number of rotatable bonds is 5. The van der Waals surface area contributed by atoms with Crippen LogP contribution in [0.1, 0.15) is 54.6 Å². The summed E-state index contributed by atoms with van der Waals surface area (Å²) < 4.78 is 26.6. The Morgan fingerprint density at radius 2 is 1.83 bits per heavy atom. The predicted molar refractivity (Wildman–Crippen MR) is 112 cm³/mol. The number of nitrogens with zero attached hydrogens (tertiary/aromatic N) is 5. The van der Waals surface area contributed by atoms with Gasteiger partial charge in [-0.2, -0.15) is 0 Å². The van der Waals surface area contributed by atoms with Gasteiger partial charge in [-0.25, -0.2) is 22.4 Å². The Labute approximate surface area is 172 Å². The Kier molecular flexibility index (Phi) is 6.09. The van der Waals surface area contributed by atoms with Gasteiger partial charge in [-0.1, -0.05) is 32.0 Å². The molecule has 1 saturated heterocycles. The number of carbonyl (C=O) groups excluding carboxylic acids is 1. The molecule has 1 aromatic heterocycles. The first-order valence-corrected chi connectivity index (χ1v) is 11.7. The summed E-state index contributed by atoms with van der Waals surface area (Å²) in [7, 11) is -1.64. The van der Waals surface area contributed by atoms with E-state index < -0.39 is 10.0 Å². The number of para-hydroxylation sites is 1. The van der Waals surface area contributed by atoms with E-state index in [1.165, 1.54) is 10.6 Å². The maximum atomic E-state index is 12.9. The first-order chi connectivity index (χ1) is 13.6. The zero-order valence-electron chi connectivity index (χ0n) is 17.7. The Bertz CT molecular complexity index is 991. The fourth-order valence-corrected chi connectivity index (χ4v) is 4.47. The van der Waals surface area contributed by atoms with E-state index in [4.69, 9.17) is 0 Å². The number of benzene rings is 1. The molecule has 1 aromatic carbocycles. The van der Waals surface area contributed by atoms with Gasteiger partial charge in [0, 0.05) is 26.2 Å². The van der Waals surface area contributed by atoms with Gasteiger partial charge in [-0.05, 0) is 37.3 Å². The van der Waals surface area contributed by atoms with Gasteiger partial charge >= 0.3 is 0 Å². The third-order valence-electron chi connectivity index (χ3n) is 5.54. The van der Waals surface area contributed by atoms with Crippen molar-refractivity contribution in [2.45, 2.75) is 45.6 Å². The average Bonchev–Trinajstić information content (AvgIpc) is 3.07. The van der Waals surface area contributed by atoms with Gasteiger partial charge in [-0.3, -0.25) is 4.79 Å². The lowest BCUT2D eigenvalue weighted by atomic mass is 10.0. The van der Waals surface area contributed by atoms with Crippen molar-refractivity contribution in [2.24, 2.45) is 0 Å². The van der Waals surface area contributed by atoms with E-state index in [0.29, 0.717) is 37.7 Å². The van der Waals surface area contributed by atoms with Crippen LogP contribution in [0.2, 0.25) is 0 Å². The number of sulfonamides is 1. The first kappa shape index (κ1) is 21.4. The molecule has 158 valence electrons. The molecule has 1 fully saturated rings. The Hall–Kier alpha value is -2.26. The molecule has 9 heteroatoms. The third-order valence-corrected chi connectivity index (χ3v) is 6.88. The van der Waals surface area contributed by atoms with E-state index in [9.17, 15) is 13.2 Å². The van der Waals surface area contributed by atoms with Crippen molar-refractivity contribution < 1.29 is 13.2 Å². The molecule has 0 bridgehead atoms. The lowest BCUT2D eigenvalue weighted by Gasteiger charge is -2.35.